The van der Waals surface area contributed by atoms with Crippen LogP contribution in [0.4, 0.5) is 0 Å². The van der Waals surface area contributed by atoms with Gasteiger partial charge >= 0.3 is 0 Å². The van der Waals surface area contributed by atoms with Gasteiger partial charge in [0.05, 0.1) is 6.61 Å². The first-order valence-corrected chi connectivity index (χ1v) is 6.78. The van der Waals surface area contributed by atoms with Crippen LogP contribution in [-0.4, -0.2) is 40.0 Å². The summed E-state index contributed by atoms with van der Waals surface area (Å²) in [4.78, 5) is 0.182. The van der Waals surface area contributed by atoms with E-state index < -0.39 is 10.0 Å². The molecule has 0 spiro atoms. The molecule has 1 rings (SSSR count). The number of sulfonamides is 1. The second-order valence-electron chi connectivity index (χ2n) is 3.72. The smallest absolute Gasteiger partial charge is 0.246 e. The molecular weight excluding hydrogens is 240 g/mol. The lowest BCUT2D eigenvalue weighted by Gasteiger charge is -2.15. The zero-order valence-corrected chi connectivity index (χ0v) is 10.9. The Morgan fingerprint density at radius 3 is 2.53 bits per heavy atom. The van der Waals surface area contributed by atoms with Gasteiger partial charge in [-0.1, -0.05) is 12.1 Å². The molecule has 0 unspecified atom stereocenters. The van der Waals surface area contributed by atoms with Gasteiger partial charge in [-0.3, -0.25) is 0 Å². The van der Waals surface area contributed by atoms with E-state index >= 15 is 0 Å². The zero-order valence-electron chi connectivity index (χ0n) is 10.1. The predicted octanol–water partition coefficient (Wildman–Crippen LogP) is 0.665. The molecule has 2 N–H and O–H groups in total. The van der Waals surface area contributed by atoms with Crippen molar-refractivity contribution in [2.75, 3.05) is 27.2 Å². The lowest BCUT2D eigenvalue weighted by molar-refractivity contribution is 0.304. The third-order valence-corrected chi connectivity index (χ3v) is 4.07. The molecule has 0 saturated heterocycles. The summed E-state index contributed by atoms with van der Waals surface area (Å²) in [7, 11) is -0.483. The molecule has 0 amide bonds. The molecule has 0 radical (unpaired) electrons. The molecular formula is C11H18N2O3S. The van der Waals surface area contributed by atoms with Crippen molar-refractivity contribution < 1.29 is 13.2 Å². The van der Waals surface area contributed by atoms with Crippen LogP contribution in [0.1, 0.15) is 6.42 Å². The third kappa shape index (κ3) is 3.42. The normalized spacial score (nSPS) is 11.8. The molecule has 0 heterocycles. The Hall–Kier alpha value is -1.11. The van der Waals surface area contributed by atoms with Crippen molar-refractivity contribution in [1.82, 2.24) is 4.31 Å². The van der Waals surface area contributed by atoms with Crippen molar-refractivity contribution in [2.24, 2.45) is 5.73 Å². The molecule has 0 bridgehead atoms. The first kappa shape index (κ1) is 14.0. The van der Waals surface area contributed by atoms with E-state index in [9.17, 15) is 8.42 Å². The summed E-state index contributed by atoms with van der Waals surface area (Å²) in [5.74, 6) is 0.370. The van der Waals surface area contributed by atoms with Gasteiger partial charge in [0.1, 0.15) is 10.6 Å². The van der Waals surface area contributed by atoms with Crippen LogP contribution in [0.25, 0.3) is 0 Å². The van der Waals surface area contributed by atoms with Crippen LogP contribution in [0.5, 0.6) is 5.75 Å². The van der Waals surface area contributed by atoms with Gasteiger partial charge < -0.3 is 10.5 Å². The molecule has 6 heteroatoms. The fourth-order valence-electron chi connectivity index (χ4n) is 1.24. The van der Waals surface area contributed by atoms with Crippen LogP contribution in [0.2, 0.25) is 0 Å². The molecule has 17 heavy (non-hydrogen) atoms. The second kappa shape index (κ2) is 6.00. The molecule has 1 aromatic carbocycles. The highest BCUT2D eigenvalue weighted by Crippen LogP contribution is 2.25. The highest BCUT2D eigenvalue weighted by molar-refractivity contribution is 7.89. The first-order valence-electron chi connectivity index (χ1n) is 5.34. The highest BCUT2D eigenvalue weighted by atomic mass is 32.2. The van der Waals surface area contributed by atoms with E-state index in [-0.39, 0.29) is 4.90 Å². The summed E-state index contributed by atoms with van der Waals surface area (Å²) in [6.45, 7) is 0.930. The minimum Gasteiger partial charge on any atom is -0.492 e. The van der Waals surface area contributed by atoms with Gasteiger partial charge in [-0.2, -0.15) is 0 Å². The summed E-state index contributed by atoms with van der Waals surface area (Å²) < 4.78 is 30.6. The van der Waals surface area contributed by atoms with Crippen LogP contribution in [0.3, 0.4) is 0 Å². The van der Waals surface area contributed by atoms with Crippen molar-refractivity contribution >= 4 is 10.0 Å². The average molecular weight is 258 g/mol. The maximum Gasteiger partial charge on any atom is 0.246 e. The van der Waals surface area contributed by atoms with Crippen molar-refractivity contribution in [3.05, 3.63) is 24.3 Å². The van der Waals surface area contributed by atoms with Gasteiger partial charge in [-0.25, -0.2) is 12.7 Å². The lowest BCUT2D eigenvalue weighted by Crippen LogP contribution is -2.23. The Morgan fingerprint density at radius 2 is 1.94 bits per heavy atom. The molecule has 0 aromatic heterocycles. The zero-order chi connectivity index (χ0) is 12.9. The Bertz CT molecular complexity index is 458. The van der Waals surface area contributed by atoms with Gasteiger partial charge in [0.25, 0.3) is 0 Å². The summed E-state index contributed by atoms with van der Waals surface area (Å²) in [6, 6.07) is 6.60. The number of hydrogen-bond acceptors (Lipinski definition) is 4. The summed E-state index contributed by atoms with van der Waals surface area (Å²) >= 11 is 0. The minimum absolute atomic E-state index is 0.182. The number of benzene rings is 1. The maximum absolute atomic E-state index is 12.0. The number of rotatable bonds is 6. The fraction of sp³-hybridized carbons (Fsp3) is 0.455. The molecule has 96 valence electrons. The predicted molar refractivity (Wildman–Crippen MR) is 66.5 cm³/mol. The lowest BCUT2D eigenvalue weighted by atomic mass is 10.3. The van der Waals surface area contributed by atoms with Crippen molar-refractivity contribution in [1.29, 1.82) is 0 Å². The number of para-hydroxylation sites is 1. The molecule has 0 aliphatic rings. The Kier molecular flexibility index (Phi) is 4.92. The maximum atomic E-state index is 12.0. The largest absolute Gasteiger partial charge is 0.492 e. The quantitative estimate of drug-likeness (QED) is 0.761. The van der Waals surface area contributed by atoms with Gasteiger partial charge in [0.15, 0.2) is 0 Å². The van der Waals surface area contributed by atoms with Crippen molar-refractivity contribution in [2.45, 2.75) is 11.3 Å². The molecule has 5 nitrogen and oxygen atoms in total. The average Bonchev–Trinajstić information content (AvgIpc) is 2.29. The standard InChI is InChI=1S/C11H18N2O3S/c1-13(2)17(14,15)11-7-4-3-6-10(11)16-9-5-8-12/h3-4,6-7H,5,8-9,12H2,1-2H3. The van der Waals surface area contributed by atoms with Gasteiger partial charge in [0.2, 0.25) is 10.0 Å². The molecule has 0 fully saturated rings. The van der Waals surface area contributed by atoms with E-state index in [4.69, 9.17) is 10.5 Å². The fourth-order valence-corrected chi connectivity index (χ4v) is 2.27. The number of nitrogens with two attached hydrogens (primary N) is 1. The third-order valence-electron chi connectivity index (χ3n) is 2.21. The molecule has 0 aliphatic heterocycles. The Labute approximate surface area is 102 Å². The van der Waals surface area contributed by atoms with Crippen LogP contribution >= 0.6 is 0 Å². The Morgan fingerprint density at radius 1 is 1.29 bits per heavy atom. The van der Waals surface area contributed by atoms with Crippen LogP contribution in [0, 0.1) is 0 Å². The first-order chi connectivity index (χ1) is 8.00. The molecule has 0 saturated carbocycles. The molecule has 0 atom stereocenters. The SMILES string of the molecule is CN(C)S(=O)(=O)c1ccccc1OCCCN. The number of nitrogens with zero attached hydrogens (tertiary/aromatic N) is 1. The highest BCUT2D eigenvalue weighted by Gasteiger charge is 2.21. The van der Waals surface area contributed by atoms with Crippen LogP contribution in [-0.2, 0) is 10.0 Å². The number of ether oxygens (including phenoxy) is 1. The van der Waals surface area contributed by atoms with Gasteiger partial charge in [-0.15, -0.1) is 0 Å². The van der Waals surface area contributed by atoms with Gasteiger partial charge in [0, 0.05) is 14.1 Å². The van der Waals surface area contributed by atoms with E-state index in [1.807, 2.05) is 0 Å². The monoisotopic (exact) mass is 258 g/mol. The summed E-state index contributed by atoms with van der Waals surface area (Å²) in [5, 5.41) is 0. The summed E-state index contributed by atoms with van der Waals surface area (Å²) in [6.07, 6.45) is 0.691. The van der Waals surface area contributed by atoms with Gasteiger partial charge in [-0.05, 0) is 25.1 Å². The summed E-state index contributed by atoms with van der Waals surface area (Å²) in [5.41, 5.74) is 5.36. The topological polar surface area (TPSA) is 72.6 Å². The van der Waals surface area contributed by atoms with Crippen molar-refractivity contribution in [3.63, 3.8) is 0 Å². The molecule has 1 aromatic rings. The van der Waals surface area contributed by atoms with E-state index in [2.05, 4.69) is 0 Å². The van der Waals surface area contributed by atoms with Crippen molar-refractivity contribution in [3.8, 4) is 5.75 Å². The van der Waals surface area contributed by atoms with Crippen LogP contribution < -0.4 is 10.5 Å². The minimum atomic E-state index is -3.47. The van der Waals surface area contributed by atoms with E-state index in [0.29, 0.717) is 25.3 Å². The van der Waals surface area contributed by atoms with E-state index in [0.717, 1.165) is 4.31 Å². The molecule has 0 aliphatic carbocycles. The van der Waals surface area contributed by atoms with E-state index in [1.54, 1.807) is 18.2 Å². The van der Waals surface area contributed by atoms with Crippen LogP contribution in [0.15, 0.2) is 29.2 Å². The van der Waals surface area contributed by atoms with E-state index in [1.165, 1.54) is 20.2 Å². The number of hydrogen-bond donors (Lipinski definition) is 1. The Balaban J connectivity index is 3.00. The second-order valence-corrected chi connectivity index (χ2v) is 5.85.